The number of benzene rings is 1. The summed E-state index contributed by atoms with van der Waals surface area (Å²) >= 11 is 0. The van der Waals surface area contributed by atoms with Gasteiger partial charge in [-0.25, -0.2) is 13.9 Å². The summed E-state index contributed by atoms with van der Waals surface area (Å²) in [6.07, 6.45) is 1.63. The number of carbonyl (C=O) groups excluding carboxylic acids is 1. The molecule has 0 fully saturated rings. The standard InChI is InChI=1S/C17H17FN4O/c1-10(2)15-9-14(20-16-6-7-19-22(15)16)17(23)21-13-5-4-11(3)8-12(13)18/h4-10H,1-3H3,(H,21,23). The molecular weight excluding hydrogens is 295 g/mol. The largest absolute Gasteiger partial charge is 0.318 e. The number of halogens is 1. The molecule has 5 nitrogen and oxygen atoms in total. The first kappa shape index (κ1) is 15.1. The first-order valence-corrected chi connectivity index (χ1v) is 7.38. The maximum absolute atomic E-state index is 13.9. The minimum atomic E-state index is -0.465. The van der Waals surface area contributed by atoms with E-state index in [0.717, 1.165) is 11.3 Å². The Morgan fingerprint density at radius 3 is 2.74 bits per heavy atom. The molecule has 0 bridgehead atoms. The molecule has 0 aliphatic rings. The molecule has 3 aromatic rings. The number of anilines is 1. The Balaban J connectivity index is 1.97. The van der Waals surface area contributed by atoms with Gasteiger partial charge in [0.1, 0.15) is 11.5 Å². The molecule has 118 valence electrons. The van der Waals surface area contributed by atoms with Crippen molar-refractivity contribution < 1.29 is 9.18 Å². The second kappa shape index (κ2) is 5.79. The van der Waals surface area contributed by atoms with E-state index in [1.54, 1.807) is 41.9 Å². The molecule has 0 radical (unpaired) electrons. The van der Waals surface area contributed by atoms with Crippen LogP contribution in [0.4, 0.5) is 10.1 Å². The quantitative estimate of drug-likeness (QED) is 0.804. The van der Waals surface area contributed by atoms with Crippen LogP contribution in [0.25, 0.3) is 5.65 Å². The highest BCUT2D eigenvalue weighted by Crippen LogP contribution is 2.19. The van der Waals surface area contributed by atoms with E-state index in [-0.39, 0.29) is 17.3 Å². The molecule has 2 heterocycles. The minimum absolute atomic E-state index is 0.141. The van der Waals surface area contributed by atoms with Gasteiger partial charge in [-0.1, -0.05) is 19.9 Å². The van der Waals surface area contributed by atoms with Gasteiger partial charge in [0, 0.05) is 11.8 Å². The highest BCUT2D eigenvalue weighted by Gasteiger charge is 2.16. The first-order chi connectivity index (χ1) is 11.0. The van der Waals surface area contributed by atoms with Crippen LogP contribution in [-0.2, 0) is 0 Å². The van der Waals surface area contributed by atoms with E-state index in [1.165, 1.54) is 6.07 Å². The average molecular weight is 312 g/mol. The van der Waals surface area contributed by atoms with Gasteiger partial charge in [-0.3, -0.25) is 4.79 Å². The lowest BCUT2D eigenvalue weighted by Gasteiger charge is -2.11. The van der Waals surface area contributed by atoms with Crippen molar-refractivity contribution in [1.29, 1.82) is 0 Å². The van der Waals surface area contributed by atoms with Gasteiger partial charge in [0.25, 0.3) is 5.91 Å². The van der Waals surface area contributed by atoms with Crippen molar-refractivity contribution in [2.24, 2.45) is 0 Å². The number of nitrogens with one attached hydrogen (secondary N) is 1. The number of nitrogens with zero attached hydrogens (tertiary/aromatic N) is 3. The summed E-state index contributed by atoms with van der Waals surface area (Å²) < 4.78 is 15.6. The lowest BCUT2D eigenvalue weighted by Crippen LogP contribution is -2.17. The summed E-state index contributed by atoms with van der Waals surface area (Å²) in [6.45, 7) is 5.81. The fourth-order valence-corrected chi connectivity index (χ4v) is 2.37. The molecule has 23 heavy (non-hydrogen) atoms. The Kier molecular flexibility index (Phi) is 3.82. The molecule has 0 unspecified atom stereocenters. The minimum Gasteiger partial charge on any atom is -0.318 e. The Morgan fingerprint density at radius 2 is 2.04 bits per heavy atom. The zero-order chi connectivity index (χ0) is 16.6. The predicted molar refractivity (Wildman–Crippen MR) is 86.2 cm³/mol. The third-order valence-electron chi connectivity index (χ3n) is 3.58. The monoisotopic (exact) mass is 312 g/mol. The number of fused-ring (bicyclic) bond motifs is 1. The molecule has 0 aliphatic carbocycles. The lowest BCUT2D eigenvalue weighted by molar-refractivity contribution is 0.102. The van der Waals surface area contributed by atoms with Gasteiger partial charge in [-0.05, 0) is 36.6 Å². The number of aryl methyl sites for hydroxylation is 1. The maximum atomic E-state index is 13.9. The third kappa shape index (κ3) is 2.92. The maximum Gasteiger partial charge on any atom is 0.274 e. The van der Waals surface area contributed by atoms with E-state index >= 15 is 0 Å². The molecule has 0 spiro atoms. The highest BCUT2D eigenvalue weighted by atomic mass is 19.1. The van der Waals surface area contributed by atoms with E-state index in [9.17, 15) is 9.18 Å². The molecule has 1 amide bonds. The topological polar surface area (TPSA) is 59.3 Å². The number of hydrogen-bond acceptors (Lipinski definition) is 3. The summed E-state index contributed by atoms with van der Waals surface area (Å²) in [6, 6.07) is 8.08. The second-order valence-electron chi connectivity index (χ2n) is 5.76. The number of aromatic nitrogens is 3. The van der Waals surface area contributed by atoms with Crippen LogP contribution in [0, 0.1) is 12.7 Å². The van der Waals surface area contributed by atoms with Crippen molar-refractivity contribution in [2.45, 2.75) is 26.7 Å². The Labute approximate surface area is 133 Å². The van der Waals surface area contributed by atoms with E-state index < -0.39 is 11.7 Å². The van der Waals surface area contributed by atoms with Gasteiger partial charge in [0.05, 0.1) is 11.9 Å². The molecule has 3 rings (SSSR count). The number of rotatable bonds is 3. The van der Waals surface area contributed by atoms with Crippen molar-refractivity contribution in [1.82, 2.24) is 14.6 Å². The zero-order valence-corrected chi connectivity index (χ0v) is 13.2. The van der Waals surface area contributed by atoms with E-state index in [2.05, 4.69) is 15.4 Å². The molecule has 0 aliphatic heterocycles. The number of amides is 1. The number of carbonyl (C=O) groups is 1. The molecule has 1 N–H and O–H groups in total. The fourth-order valence-electron chi connectivity index (χ4n) is 2.37. The van der Waals surface area contributed by atoms with E-state index in [4.69, 9.17) is 0 Å². The Hall–Kier alpha value is -2.76. The first-order valence-electron chi connectivity index (χ1n) is 7.38. The third-order valence-corrected chi connectivity index (χ3v) is 3.58. The van der Waals surface area contributed by atoms with Crippen molar-refractivity contribution in [2.75, 3.05) is 5.32 Å². The van der Waals surface area contributed by atoms with E-state index in [1.807, 2.05) is 13.8 Å². The van der Waals surface area contributed by atoms with Crippen molar-refractivity contribution >= 4 is 17.2 Å². The van der Waals surface area contributed by atoms with Crippen LogP contribution in [0.5, 0.6) is 0 Å². The number of hydrogen-bond donors (Lipinski definition) is 1. The predicted octanol–water partition coefficient (Wildman–Crippen LogP) is 3.55. The average Bonchev–Trinajstić information content (AvgIpc) is 2.97. The van der Waals surface area contributed by atoms with Crippen LogP contribution in [0.1, 0.15) is 41.5 Å². The van der Waals surface area contributed by atoms with Gasteiger partial charge in [0.15, 0.2) is 5.65 Å². The van der Waals surface area contributed by atoms with Crippen molar-refractivity contribution in [3.63, 3.8) is 0 Å². The van der Waals surface area contributed by atoms with Crippen molar-refractivity contribution in [3.8, 4) is 0 Å². The molecular formula is C17H17FN4O. The van der Waals surface area contributed by atoms with Crippen LogP contribution in [0.3, 0.4) is 0 Å². The lowest BCUT2D eigenvalue weighted by atomic mass is 10.1. The van der Waals surface area contributed by atoms with Gasteiger partial charge in [0.2, 0.25) is 0 Å². The summed E-state index contributed by atoms with van der Waals surface area (Å²) in [5.41, 5.74) is 2.63. The van der Waals surface area contributed by atoms with Crippen LogP contribution < -0.4 is 5.32 Å². The Morgan fingerprint density at radius 1 is 1.26 bits per heavy atom. The molecule has 0 saturated heterocycles. The summed E-state index contributed by atoms with van der Waals surface area (Å²) in [5.74, 6) is -0.741. The van der Waals surface area contributed by atoms with Gasteiger partial charge < -0.3 is 5.32 Å². The van der Waals surface area contributed by atoms with Crippen LogP contribution >= 0.6 is 0 Å². The second-order valence-corrected chi connectivity index (χ2v) is 5.76. The smallest absolute Gasteiger partial charge is 0.274 e. The molecule has 2 aromatic heterocycles. The summed E-state index contributed by atoms with van der Waals surface area (Å²) in [5, 5.41) is 6.78. The SMILES string of the molecule is Cc1ccc(NC(=O)c2cc(C(C)C)n3nccc3n2)c(F)c1. The van der Waals surface area contributed by atoms with Gasteiger partial charge >= 0.3 is 0 Å². The fraction of sp³-hybridized carbons (Fsp3) is 0.235. The highest BCUT2D eigenvalue weighted by molar-refractivity contribution is 6.03. The normalized spacial score (nSPS) is 11.2. The van der Waals surface area contributed by atoms with E-state index in [0.29, 0.717) is 5.65 Å². The van der Waals surface area contributed by atoms with Gasteiger partial charge in [-0.15, -0.1) is 0 Å². The Bertz CT molecular complexity index is 885. The summed E-state index contributed by atoms with van der Waals surface area (Å²) in [7, 11) is 0. The molecule has 1 aromatic carbocycles. The van der Waals surface area contributed by atoms with Crippen molar-refractivity contribution in [3.05, 3.63) is 59.3 Å². The van der Waals surface area contributed by atoms with Crippen LogP contribution in [0.15, 0.2) is 36.5 Å². The van der Waals surface area contributed by atoms with Crippen LogP contribution in [-0.4, -0.2) is 20.5 Å². The summed E-state index contributed by atoms with van der Waals surface area (Å²) in [4.78, 5) is 16.7. The van der Waals surface area contributed by atoms with Crippen LogP contribution in [0.2, 0.25) is 0 Å². The zero-order valence-electron chi connectivity index (χ0n) is 13.2. The molecule has 0 atom stereocenters. The molecule has 6 heteroatoms. The van der Waals surface area contributed by atoms with Gasteiger partial charge in [-0.2, -0.15) is 5.10 Å². The molecule has 0 saturated carbocycles.